The summed E-state index contributed by atoms with van der Waals surface area (Å²) >= 11 is 0. The predicted octanol–water partition coefficient (Wildman–Crippen LogP) is -0.600. The van der Waals surface area contributed by atoms with Gasteiger partial charge in [-0.15, -0.1) is 0 Å². The molecule has 1 aliphatic rings. The zero-order valence-corrected chi connectivity index (χ0v) is 4.87. The van der Waals surface area contributed by atoms with Crippen LogP contribution >= 0.6 is 0 Å². The van der Waals surface area contributed by atoms with Crippen LogP contribution in [0.3, 0.4) is 0 Å². The Bertz CT molecular complexity index is 102. The Morgan fingerprint density at radius 3 is 2.56 bits per heavy atom. The molecule has 9 heavy (non-hydrogen) atoms. The zero-order chi connectivity index (χ0) is 7.11. The van der Waals surface area contributed by atoms with E-state index >= 15 is 0 Å². The van der Waals surface area contributed by atoms with Crippen LogP contribution in [0, 0.1) is 6.92 Å². The van der Waals surface area contributed by atoms with Crippen molar-refractivity contribution >= 4 is 12.3 Å². The molecule has 2 N–H and O–H groups in total. The van der Waals surface area contributed by atoms with E-state index in [1.807, 2.05) is 0 Å². The smallest absolute Gasteiger partial charge is 0.308 e. The summed E-state index contributed by atoms with van der Waals surface area (Å²) < 4.78 is 0. The first-order valence-corrected chi connectivity index (χ1v) is 2.43. The molecule has 2 radical (unpaired) electrons. The highest BCUT2D eigenvalue weighted by atomic mass is 16.4. The molecule has 1 aliphatic heterocycles. The van der Waals surface area contributed by atoms with E-state index in [0.717, 1.165) is 13.1 Å². The molecule has 0 saturated carbocycles. The fourth-order valence-corrected chi connectivity index (χ4v) is 0.323. The summed E-state index contributed by atoms with van der Waals surface area (Å²) in [5, 5.41) is 10.1. The maximum atomic E-state index is 8.78. The number of rotatable bonds is 0. The molecule has 0 saturated heterocycles. The van der Waals surface area contributed by atoms with Crippen molar-refractivity contribution in [3.63, 3.8) is 0 Å². The minimum atomic E-state index is -1.33. The molecule has 0 unspecified atom stereocenters. The SMILES string of the molecule is C1=NCCN1.[CH]C(=O)O. The fraction of sp³-hybridized carbons (Fsp3) is 0.400. The van der Waals surface area contributed by atoms with E-state index in [-0.39, 0.29) is 0 Å². The summed E-state index contributed by atoms with van der Waals surface area (Å²) in [5.41, 5.74) is 0. The van der Waals surface area contributed by atoms with Gasteiger partial charge in [-0.05, 0) is 0 Å². The molecule has 1 rings (SSSR count). The Morgan fingerprint density at radius 1 is 1.89 bits per heavy atom. The van der Waals surface area contributed by atoms with Crippen LogP contribution < -0.4 is 5.32 Å². The lowest BCUT2D eigenvalue weighted by molar-refractivity contribution is -0.131. The van der Waals surface area contributed by atoms with E-state index < -0.39 is 5.97 Å². The Hall–Kier alpha value is -1.06. The van der Waals surface area contributed by atoms with Crippen LogP contribution in [0.4, 0.5) is 0 Å². The van der Waals surface area contributed by atoms with E-state index in [1.54, 1.807) is 6.34 Å². The van der Waals surface area contributed by atoms with Crippen LogP contribution in [0.15, 0.2) is 4.99 Å². The third-order valence-corrected chi connectivity index (χ3v) is 0.568. The molecule has 1 heterocycles. The number of nitrogens with one attached hydrogen (secondary N) is 1. The number of nitrogens with zero attached hydrogens (tertiary/aromatic N) is 1. The topological polar surface area (TPSA) is 61.7 Å². The number of carbonyl (C=O) groups is 1. The number of hydrogen-bond acceptors (Lipinski definition) is 3. The lowest BCUT2D eigenvalue weighted by Gasteiger charge is -1.75. The second kappa shape index (κ2) is 5.08. The van der Waals surface area contributed by atoms with Crippen molar-refractivity contribution in [3.8, 4) is 0 Å². The lowest BCUT2D eigenvalue weighted by atomic mass is 10.7. The van der Waals surface area contributed by atoms with Crippen molar-refractivity contribution < 1.29 is 9.90 Å². The highest BCUT2D eigenvalue weighted by Crippen LogP contribution is 1.68. The Labute approximate surface area is 53.6 Å². The Morgan fingerprint density at radius 2 is 2.44 bits per heavy atom. The molecule has 0 aromatic heterocycles. The minimum absolute atomic E-state index is 0.958. The van der Waals surface area contributed by atoms with E-state index in [9.17, 15) is 0 Å². The van der Waals surface area contributed by atoms with Gasteiger partial charge in [0.05, 0.1) is 19.8 Å². The summed E-state index contributed by atoms with van der Waals surface area (Å²) in [4.78, 5) is 12.6. The molecule has 0 fully saturated rings. The molecule has 0 amide bonds. The molecule has 0 aromatic rings. The van der Waals surface area contributed by atoms with Crippen LogP contribution in [-0.2, 0) is 4.79 Å². The normalized spacial score (nSPS) is 13.4. The molecular formula is C5H8N2O2. The van der Waals surface area contributed by atoms with Crippen LogP contribution in [-0.4, -0.2) is 30.5 Å². The van der Waals surface area contributed by atoms with Gasteiger partial charge in [0.1, 0.15) is 0 Å². The summed E-state index contributed by atoms with van der Waals surface area (Å²) in [6.07, 6.45) is 1.74. The van der Waals surface area contributed by atoms with Gasteiger partial charge in [-0.2, -0.15) is 0 Å². The molecule has 0 spiro atoms. The van der Waals surface area contributed by atoms with Crippen molar-refractivity contribution in [1.29, 1.82) is 0 Å². The molecule has 4 heteroatoms. The van der Waals surface area contributed by atoms with Crippen LogP contribution in [0.1, 0.15) is 0 Å². The summed E-state index contributed by atoms with van der Waals surface area (Å²) in [7, 11) is 0. The third kappa shape index (κ3) is 10.9. The van der Waals surface area contributed by atoms with Gasteiger partial charge in [0.15, 0.2) is 0 Å². The van der Waals surface area contributed by atoms with Gasteiger partial charge in [0.25, 0.3) is 0 Å². The van der Waals surface area contributed by atoms with Crippen molar-refractivity contribution in [3.05, 3.63) is 6.92 Å². The van der Waals surface area contributed by atoms with Gasteiger partial charge < -0.3 is 10.4 Å². The first kappa shape index (κ1) is 7.94. The van der Waals surface area contributed by atoms with Crippen LogP contribution in [0.5, 0.6) is 0 Å². The molecule has 0 atom stereocenters. The van der Waals surface area contributed by atoms with E-state index in [4.69, 9.17) is 9.90 Å². The molecule has 0 bridgehead atoms. The van der Waals surface area contributed by atoms with Gasteiger partial charge in [-0.25, -0.2) is 0 Å². The number of hydrogen-bond donors (Lipinski definition) is 2. The largest absolute Gasteiger partial charge is 0.481 e. The second-order valence-electron chi connectivity index (χ2n) is 1.33. The van der Waals surface area contributed by atoms with Crippen molar-refractivity contribution in [2.75, 3.05) is 13.1 Å². The van der Waals surface area contributed by atoms with Crippen molar-refractivity contribution in [1.82, 2.24) is 5.32 Å². The highest BCUT2D eigenvalue weighted by Gasteiger charge is 1.82. The summed E-state index contributed by atoms with van der Waals surface area (Å²) in [5.74, 6) is -1.33. The lowest BCUT2D eigenvalue weighted by Crippen LogP contribution is -2.04. The zero-order valence-electron chi connectivity index (χ0n) is 4.87. The molecule has 4 nitrogen and oxygen atoms in total. The van der Waals surface area contributed by atoms with Gasteiger partial charge in [0.2, 0.25) is 0 Å². The summed E-state index contributed by atoms with van der Waals surface area (Å²) in [6, 6.07) is 0. The average molecular weight is 128 g/mol. The number of carboxylic acid groups (broad SMARTS) is 1. The maximum Gasteiger partial charge on any atom is 0.308 e. The minimum Gasteiger partial charge on any atom is -0.481 e. The van der Waals surface area contributed by atoms with E-state index in [1.165, 1.54) is 0 Å². The molecule has 0 aliphatic carbocycles. The van der Waals surface area contributed by atoms with E-state index in [0.29, 0.717) is 0 Å². The van der Waals surface area contributed by atoms with Crippen LogP contribution in [0.25, 0.3) is 0 Å². The predicted molar refractivity (Wildman–Crippen MR) is 33.3 cm³/mol. The van der Waals surface area contributed by atoms with E-state index in [2.05, 4.69) is 17.2 Å². The number of aliphatic imine (C=N–C) groups is 1. The fourth-order valence-electron chi connectivity index (χ4n) is 0.323. The molecule has 0 aromatic carbocycles. The quantitative estimate of drug-likeness (QED) is 0.458. The van der Waals surface area contributed by atoms with Gasteiger partial charge >= 0.3 is 5.97 Å². The van der Waals surface area contributed by atoms with Crippen molar-refractivity contribution in [2.45, 2.75) is 0 Å². The van der Waals surface area contributed by atoms with Crippen LogP contribution in [0.2, 0.25) is 0 Å². The Balaban J connectivity index is 0.000000148. The van der Waals surface area contributed by atoms with Crippen molar-refractivity contribution in [2.24, 2.45) is 4.99 Å². The third-order valence-electron chi connectivity index (χ3n) is 0.568. The number of aliphatic carboxylic acids is 1. The maximum absolute atomic E-state index is 8.78. The second-order valence-corrected chi connectivity index (χ2v) is 1.33. The Kier molecular flexibility index (Phi) is 4.49. The van der Waals surface area contributed by atoms with Gasteiger partial charge in [-0.3, -0.25) is 9.79 Å². The first-order chi connectivity index (χ1) is 4.23. The first-order valence-electron chi connectivity index (χ1n) is 2.43. The number of carboxylic acids is 1. The average Bonchev–Trinajstić information content (AvgIpc) is 2.11. The van der Waals surface area contributed by atoms with Gasteiger partial charge in [0, 0.05) is 6.54 Å². The molecule has 50 valence electrons. The standard InChI is InChI=1S/C3H6N2.C2H2O2/c1-2-5-3-4-1;1-2(3)4/h3H,1-2H2,(H,4,5);1H,(H,3,4). The monoisotopic (exact) mass is 128 g/mol. The van der Waals surface area contributed by atoms with Gasteiger partial charge in [-0.1, -0.05) is 0 Å². The summed E-state index contributed by atoms with van der Waals surface area (Å²) in [6.45, 7) is 6.01. The molecular weight excluding hydrogens is 120 g/mol. The highest BCUT2D eigenvalue weighted by molar-refractivity contribution is 5.71.